The van der Waals surface area contributed by atoms with Crippen LogP contribution in [0, 0.1) is 0 Å². The van der Waals surface area contributed by atoms with Gasteiger partial charge in [0.25, 0.3) is 0 Å². The van der Waals surface area contributed by atoms with Gasteiger partial charge in [-0.05, 0) is 30.2 Å². The number of alkyl halides is 6. The van der Waals surface area contributed by atoms with E-state index in [0.29, 0.717) is 5.56 Å². The summed E-state index contributed by atoms with van der Waals surface area (Å²) in [6.45, 7) is -0.0184. The van der Waals surface area contributed by atoms with E-state index in [2.05, 4.69) is 15.4 Å². The molecule has 0 aliphatic rings. The molecule has 4 nitrogen and oxygen atoms in total. The number of carbonyl (C=O) groups excluding carboxylic acids is 1. The summed E-state index contributed by atoms with van der Waals surface area (Å²) in [5.41, 5.74) is -0.653. The van der Waals surface area contributed by atoms with E-state index in [1.54, 1.807) is 0 Å². The van der Waals surface area contributed by atoms with Gasteiger partial charge in [0.15, 0.2) is 5.75 Å². The summed E-state index contributed by atoms with van der Waals surface area (Å²) < 4.78 is 78.7. The summed E-state index contributed by atoms with van der Waals surface area (Å²) in [5.74, 6) is -0.585. The molecule has 0 fully saturated rings. The van der Waals surface area contributed by atoms with Gasteiger partial charge in [-0.2, -0.15) is 13.2 Å². The predicted molar refractivity (Wildman–Crippen MR) is 85.3 cm³/mol. The van der Waals surface area contributed by atoms with Gasteiger partial charge in [0.2, 0.25) is 0 Å². The van der Waals surface area contributed by atoms with Crippen molar-refractivity contribution in [1.29, 1.82) is 0 Å². The summed E-state index contributed by atoms with van der Waals surface area (Å²) in [6.07, 6.45) is -9.28. The largest absolute Gasteiger partial charge is 0.573 e. The summed E-state index contributed by atoms with van der Waals surface area (Å²) in [7, 11) is 0. The summed E-state index contributed by atoms with van der Waals surface area (Å²) in [4.78, 5) is 11.8. The number of anilines is 1. The Labute approximate surface area is 150 Å². The molecule has 0 atom stereocenters. The van der Waals surface area contributed by atoms with Gasteiger partial charge >= 0.3 is 18.6 Å². The zero-order chi connectivity index (χ0) is 20.1. The molecule has 2 rings (SSSR count). The zero-order valence-electron chi connectivity index (χ0n) is 13.6. The highest BCUT2D eigenvalue weighted by Gasteiger charge is 2.32. The van der Waals surface area contributed by atoms with Crippen LogP contribution >= 0.6 is 0 Å². The number of rotatable bonds is 5. The van der Waals surface area contributed by atoms with E-state index in [9.17, 15) is 31.1 Å². The second kappa shape index (κ2) is 8.19. The Morgan fingerprint density at radius 2 is 1.67 bits per heavy atom. The van der Waals surface area contributed by atoms with Crippen LogP contribution in [0.3, 0.4) is 0 Å². The molecule has 0 heterocycles. The van der Waals surface area contributed by atoms with Crippen LogP contribution in [0.5, 0.6) is 5.75 Å². The molecule has 2 aromatic rings. The fourth-order valence-electron chi connectivity index (χ4n) is 2.17. The van der Waals surface area contributed by atoms with Crippen molar-refractivity contribution in [2.24, 2.45) is 0 Å². The van der Waals surface area contributed by atoms with Crippen molar-refractivity contribution in [1.82, 2.24) is 5.32 Å². The van der Waals surface area contributed by atoms with Gasteiger partial charge < -0.3 is 15.4 Å². The fraction of sp³-hybridized carbons (Fsp3) is 0.235. The molecule has 0 spiro atoms. The van der Waals surface area contributed by atoms with Crippen molar-refractivity contribution >= 4 is 11.7 Å². The number of urea groups is 1. The van der Waals surface area contributed by atoms with Crippen LogP contribution < -0.4 is 15.4 Å². The molecule has 2 aromatic carbocycles. The highest BCUT2D eigenvalue weighted by Crippen LogP contribution is 2.30. The molecule has 27 heavy (non-hydrogen) atoms. The first-order chi connectivity index (χ1) is 12.5. The smallest absolute Gasteiger partial charge is 0.404 e. The molecule has 0 saturated heterocycles. The minimum atomic E-state index is -4.92. The van der Waals surface area contributed by atoms with Crippen molar-refractivity contribution in [2.75, 3.05) is 11.9 Å². The number of nitrogens with one attached hydrogen (secondary N) is 2. The molecule has 146 valence electrons. The van der Waals surface area contributed by atoms with E-state index in [1.165, 1.54) is 30.3 Å². The lowest BCUT2D eigenvalue weighted by atomic mass is 10.1. The maximum absolute atomic E-state index is 12.6. The molecule has 10 heteroatoms. The summed E-state index contributed by atoms with van der Waals surface area (Å²) in [5, 5.41) is 4.56. The quantitative estimate of drug-likeness (QED) is 0.706. The Bertz CT molecular complexity index is 789. The Morgan fingerprint density at radius 3 is 2.33 bits per heavy atom. The van der Waals surface area contributed by atoms with Crippen LogP contribution in [-0.2, 0) is 12.6 Å². The molecule has 2 amide bonds. The standard InChI is InChI=1S/C17H14F6N2O2/c18-16(19,20)12-5-3-4-11(10-12)8-9-24-15(26)25-13-6-1-2-7-14(13)27-17(21,22)23/h1-7,10H,8-9H2,(H2,24,25,26). The average molecular weight is 392 g/mol. The number of para-hydroxylation sites is 2. The molecule has 0 radical (unpaired) electrons. The second-order valence-electron chi connectivity index (χ2n) is 5.37. The van der Waals surface area contributed by atoms with Crippen LogP contribution in [0.1, 0.15) is 11.1 Å². The first-order valence-corrected chi connectivity index (χ1v) is 7.60. The van der Waals surface area contributed by atoms with Crippen molar-refractivity contribution in [2.45, 2.75) is 19.0 Å². The van der Waals surface area contributed by atoms with Crippen LogP contribution in [0.4, 0.5) is 36.8 Å². The topological polar surface area (TPSA) is 50.4 Å². The van der Waals surface area contributed by atoms with E-state index in [1.807, 2.05) is 0 Å². The van der Waals surface area contributed by atoms with Gasteiger partial charge in [0, 0.05) is 6.54 Å². The highest BCUT2D eigenvalue weighted by molar-refractivity contribution is 5.90. The van der Waals surface area contributed by atoms with Crippen LogP contribution in [-0.4, -0.2) is 18.9 Å². The first kappa shape index (κ1) is 20.4. The third-order valence-electron chi connectivity index (χ3n) is 3.31. The second-order valence-corrected chi connectivity index (χ2v) is 5.37. The number of hydrogen-bond acceptors (Lipinski definition) is 2. The number of hydrogen-bond donors (Lipinski definition) is 2. The number of amides is 2. The van der Waals surface area contributed by atoms with Gasteiger partial charge in [-0.1, -0.05) is 30.3 Å². The lowest BCUT2D eigenvalue weighted by molar-refractivity contribution is -0.274. The Hall–Kier alpha value is -2.91. The maximum atomic E-state index is 12.6. The van der Waals surface area contributed by atoms with Gasteiger partial charge in [0.1, 0.15) is 0 Å². The summed E-state index contributed by atoms with van der Waals surface area (Å²) >= 11 is 0. The molecular formula is C17H14F6N2O2. The molecule has 0 aliphatic carbocycles. The molecule has 0 aliphatic heterocycles. The fourth-order valence-corrected chi connectivity index (χ4v) is 2.17. The minimum absolute atomic E-state index is 0.0184. The Morgan fingerprint density at radius 1 is 0.963 bits per heavy atom. The summed E-state index contributed by atoms with van der Waals surface area (Å²) in [6, 6.07) is 8.76. The molecule has 0 saturated carbocycles. The maximum Gasteiger partial charge on any atom is 0.573 e. The number of carbonyl (C=O) groups is 1. The lowest BCUT2D eigenvalue weighted by Gasteiger charge is -2.14. The van der Waals surface area contributed by atoms with E-state index >= 15 is 0 Å². The molecule has 0 bridgehead atoms. The normalized spacial score (nSPS) is 11.8. The molecular weight excluding hydrogens is 378 g/mol. The number of halogens is 6. The molecule has 2 N–H and O–H groups in total. The first-order valence-electron chi connectivity index (χ1n) is 7.60. The van der Waals surface area contributed by atoms with E-state index in [4.69, 9.17) is 0 Å². The molecule has 0 unspecified atom stereocenters. The van der Waals surface area contributed by atoms with Crippen molar-refractivity contribution < 1.29 is 35.9 Å². The van der Waals surface area contributed by atoms with Gasteiger partial charge in [-0.15, -0.1) is 13.2 Å². The van der Waals surface area contributed by atoms with Gasteiger partial charge in [-0.25, -0.2) is 4.79 Å². The van der Waals surface area contributed by atoms with Crippen molar-refractivity contribution in [3.8, 4) is 5.75 Å². The van der Waals surface area contributed by atoms with E-state index in [-0.39, 0.29) is 18.7 Å². The molecule has 0 aromatic heterocycles. The lowest BCUT2D eigenvalue weighted by Crippen LogP contribution is -2.31. The SMILES string of the molecule is O=C(NCCc1cccc(C(F)(F)F)c1)Nc1ccccc1OC(F)(F)F. The van der Waals surface area contributed by atoms with Crippen LogP contribution in [0.25, 0.3) is 0 Å². The van der Waals surface area contributed by atoms with Crippen LogP contribution in [0.2, 0.25) is 0 Å². The monoisotopic (exact) mass is 392 g/mol. The number of ether oxygens (including phenoxy) is 1. The van der Waals surface area contributed by atoms with Gasteiger partial charge in [0.05, 0.1) is 11.3 Å². The Kier molecular flexibility index (Phi) is 6.19. The third-order valence-corrected chi connectivity index (χ3v) is 3.31. The minimum Gasteiger partial charge on any atom is -0.404 e. The van der Waals surface area contributed by atoms with Crippen LogP contribution in [0.15, 0.2) is 48.5 Å². The average Bonchev–Trinajstić information content (AvgIpc) is 2.55. The van der Waals surface area contributed by atoms with E-state index < -0.39 is 29.9 Å². The number of benzene rings is 2. The highest BCUT2D eigenvalue weighted by atomic mass is 19.4. The third kappa shape index (κ3) is 6.72. The van der Waals surface area contributed by atoms with Gasteiger partial charge in [-0.3, -0.25) is 0 Å². The van der Waals surface area contributed by atoms with Crippen molar-refractivity contribution in [3.05, 3.63) is 59.7 Å². The predicted octanol–water partition coefficient (Wildman–Crippen LogP) is 4.97. The zero-order valence-corrected chi connectivity index (χ0v) is 13.6. The Balaban J connectivity index is 1.91. The van der Waals surface area contributed by atoms with E-state index in [0.717, 1.165) is 18.2 Å². The van der Waals surface area contributed by atoms with Crippen molar-refractivity contribution in [3.63, 3.8) is 0 Å².